The molecule has 0 amide bonds. The molecule has 0 heterocycles. The van der Waals surface area contributed by atoms with Crippen molar-refractivity contribution in [3.63, 3.8) is 0 Å². The Hall–Kier alpha value is -3.82. The SMILES string of the molecule is C=Cc1c(OOCC)c(OCCC)c(-c2ccccc2)c(-c2ccccc2)c1-c1ccccc1. The molecule has 0 atom stereocenters. The first-order chi connectivity index (χ1) is 16.8. The molecule has 0 aliphatic carbocycles. The Morgan fingerprint density at radius 2 is 1.15 bits per heavy atom. The van der Waals surface area contributed by atoms with Crippen LogP contribution in [-0.4, -0.2) is 13.2 Å². The summed E-state index contributed by atoms with van der Waals surface area (Å²) in [4.78, 5) is 11.4. The summed E-state index contributed by atoms with van der Waals surface area (Å²) in [6.45, 7) is 9.11. The van der Waals surface area contributed by atoms with Crippen LogP contribution in [0.3, 0.4) is 0 Å². The van der Waals surface area contributed by atoms with Gasteiger partial charge in [0.1, 0.15) is 0 Å². The van der Waals surface area contributed by atoms with E-state index in [9.17, 15) is 0 Å². The summed E-state index contributed by atoms with van der Waals surface area (Å²) < 4.78 is 6.41. The normalized spacial score (nSPS) is 10.6. The number of hydrogen-bond donors (Lipinski definition) is 0. The minimum absolute atomic E-state index is 0.408. The predicted molar refractivity (Wildman–Crippen MR) is 141 cm³/mol. The molecule has 0 aliphatic rings. The van der Waals surface area contributed by atoms with Gasteiger partial charge in [-0.25, -0.2) is 0 Å². The largest absolute Gasteiger partial charge is 0.489 e. The minimum Gasteiger partial charge on any atom is -0.489 e. The lowest BCUT2D eigenvalue weighted by Crippen LogP contribution is -2.07. The Bertz CT molecular complexity index is 1220. The van der Waals surface area contributed by atoms with Crippen LogP contribution in [0.2, 0.25) is 0 Å². The van der Waals surface area contributed by atoms with Gasteiger partial charge in [0.05, 0.1) is 13.2 Å². The lowest BCUT2D eigenvalue weighted by molar-refractivity contribution is -0.203. The average Bonchev–Trinajstić information content (AvgIpc) is 2.91. The van der Waals surface area contributed by atoms with Gasteiger partial charge in [0.25, 0.3) is 0 Å². The smallest absolute Gasteiger partial charge is 0.215 e. The lowest BCUT2D eigenvalue weighted by atomic mass is 9.83. The molecule has 172 valence electrons. The van der Waals surface area contributed by atoms with E-state index in [2.05, 4.69) is 62.0 Å². The van der Waals surface area contributed by atoms with E-state index in [-0.39, 0.29) is 0 Å². The van der Waals surface area contributed by atoms with Gasteiger partial charge >= 0.3 is 0 Å². The van der Waals surface area contributed by atoms with Crippen molar-refractivity contribution in [1.82, 2.24) is 0 Å². The lowest BCUT2D eigenvalue weighted by Gasteiger charge is -2.25. The highest BCUT2D eigenvalue weighted by molar-refractivity contribution is 6.03. The summed E-state index contributed by atoms with van der Waals surface area (Å²) in [5.74, 6) is 1.21. The van der Waals surface area contributed by atoms with Crippen LogP contribution in [-0.2, 0) is 4.89 Å². The predicted octanol–water partition coefficient (Wildman–Crippen LogP) is 8.45. The first-order valence-corrected chi connectivity index (χ1v) is 11.7. The molecule has 0 aliphatic heterocycles. The van der Waals surface area contributed by atoms with Crippen molar-refractivity contribution < 1.29 is 14.5 Å². The molecule has 0 bridgehead atoms. The number of benzene rings is 4. The zero-order valence-electron chi connectivity index (χ0n) is 19.8. The summed E-state index contributed by atoms with van der Waals surface area (Å²) in [7, 11) is 0. The Balaban J connectivity index is 2.21. The zero-order valence-corrected chi connectivity index (χ0v) is 19.8. The zero-order chi connectivity index (χ0) is 23.8. The molecule has 0 unspecified atom stereocenters. The van der Waals surface area contributed by atoms with Crippen LogP contribution in [0.5, 0.6) is 11.5 Å². The van der Waals surface area contributed by atoms with Crippen LogP contribution < -0.4 is 9.62 Å². The van der Waals surface area contributed by atoms with Crippen LogP contribution >= 0.6 is 0 Å². The average molecular weight is 451 g/mol. The third kappa shape index (κ3) is 4.75. The van der Waals surface area contributed by atoms with E-state index in [1.807, 2.05) is 55.5 Å². The Kier molecular flexibility index (Phi) is 7.79. The molecule has 0 saturated carbocycles. The van der Waals surface area contributed by atoms with Crippen molar-refractivity contribution in [2.24, 2.45) is 0 Å². The van der Waals surface area contributed by atoms with E-state index in [1.165, 1.54) is 0 Å². The van der Waals surface area contributed by atoms with Crippen molar-refractivity contribution in [1.29, 1.82) is 0 Å². The van der Waals surface area contributed by atoms with Gasteiger partial charge in [-0.2, -0.15) is 4.89 Å². The second-order valence-electron chi connectivity index (χ2n) is 7.84. The van der Waals surface area contributed by atoms with Gasteiger partial charge in [-0.1, -0.05) is 111 Å². The minimum atomic E-state index is 0.408. The Morgan fingerprint density at radius 1 is 0.647 bits per heavy atom. The fraction of sp³-hybridized carbons (Fsp3) is 0.161. The van der Waals surface area contributed by atoms with Gasteiger partial charge in [-0.3, -0.25) is 0 Å². The van der Waals surface area contributed by atoms with Crippen LogP contribution in [0.1, 0.15) is 25.8 Å². The maximum Gasteiger partial charge on any atom is 0.215 e. The standard InChI is InChI=1S/C31H30O3/c1-4-22-32-31-29(25-20-14-9-15-21-25)28(24-18-12-8-13-19-24)27(23-16-10-7-11-17-23)26(5-2)30(31)34-33-6-3/h5,7-21H,2,4,6,22H2,1,3H3. The molecule has 4 aromatic carbocycles. The highest BCUT2D eigenvalue weighted by Gasteiger charge is 2.28. The molecule has 0 N–H and O–H groups in total. The van der Waals surface area contributed by atoms with E-state index >= 15 is 0 Å². The second kappa shape index (κ2) is 11.4. The van der Waals surface area contributed by atoms with E-state index < -0.39 is 0 Å². The Labute approximate surface area is 202 Å². The highest BCUT2D eigenvalue weighted by Crippen LogP contribution is 2.53. The van der Waals surface area contributed by atoms with Crippen LogP contribution in [0.25, 0.3) is 39.5 Å². The highest BCUT2D eigenvalue weighted by atomic mass is 17.2. The van der Waals surface area contributed by atoms with E-state index in [0.717, 1.165) is 45.4 Å². The summed E-state index contributed by atoms with van der Waals surface area (Å²) in [6, 6.07) is 31.1. The maximum atomic E-state index is 6.41. The molecule has 0 spiro atoms. The maximum absolute atomic E-state index is 6.41. The van der Waals surface area contributed by atoms with Crippen molar-refractivity contribution in [2.75, 3.05) is 13.2 Å². The fourth-order valence-corrected chi connectivity index (χ4v) is 4.14. The van der Waals surface area contributed by atoms with Crippen LogP contribution in [0.4, 0.5) is 0 Å². The van der Waals surface area contributed by atoms with Gasteiger partial charge in [0, 0.05) is 22.3 Å². The topological polar surface area (TPSA) is 27.7 Å². The molecule has 0 aromatic heterocycles. The molecule has 0 saturated heterocycles. The quantitative estimate of drug-likeness (QED) is 0.179. The van der Waals surface area contributed by atoms with E-state index in [4.69, 9.17) is 14.5 Å². The molecule has 4 aromatic rings. The molecule has 4 rings (SSSR count). The van der Waals surface area contributed by atoms with Crippen molar-refractivity contribution in [3.05, 3.63) is 103 Å². The molecule has 0 radical (unpaired) electrons. The number of rotatable bonds is 10. The number of hydrogen-bond acceptors (Lipinski definition) is 3. The first kappa shape index (κ1) is 23.3. The van der Waals surface area contributed by atoms with E-state index in [1.54, 1.807) is 0 Å². The van der Waals surface area contributed by atoms with Crippen molar-refractivity contribution >= 4 is 6.08 Å². The van der Waals surface area contributed by atoms with Gasteiger partial charge in [-0.15, -0.1) is 0 Å². The second-order valence-corrected chi connectivity index (χ2v) is 7.84. The molecular formula is C31H30O3. The molecular weight excluding hydrogens is 420 g/mol. The first-order valence-electron chi connectivity index (χ1n) is 11.7. The monoisotopic (exact) mass is 450 g/mol. The molecule has 0 fully saturated rings. The fourth-order valence-electron chi connectivity index (χ4n) is 4.14. The van der Waals surface area contributed by atoms with Gasteiger partial charge in [-0.05, 0) is 30.0 Å². The summed E-state index contributed by atoms with van der Waals surface area (Å²) >= 11 is 0. The third-order valence-corrected chi connectivity index (χ3v) is 5.55. The Morgan fingerprint density at radius 3 is 1.62 bits per heavy atom. The van der Waals surface area contributed by atoms with Gasteiger partial charge in [0.15, 0.2) is 5.75 Å². The van der Waals surface area contributed by atoms with Crippen molar-refractivity contribution in [3.8, 4) is 44.9 Å². The summed E-state index contributed by atoms with van der Waals surface area (Å²) in [5.41, 5.74) is 7.11. The number of ether oxygens (including phenoxy) is 1. The van der Waals surface area contributed by atoms with Crippen LogP contribution in [0.15, 0.2) is 97.6 Å². The van der Waals surface area contributed by atoms with Crippen molar-refractivity contribution in [2.45, 2.75) is 20.3 Å². The third-order valence-electron chi connectivity index (χ3n) is 5.55. The molecule has 3 heteroatoms. The van der Waals surface area contributed by atoms with Gasteiger partial charge < -0.3 is 9.62 Å². The van der Waals surface area contributed by atoms with Gasteiger partial charge in [0.2, 0.25) is 5.75 Å². The molecule has 34 heavy (non-hydrogen) atoms. The van der Waals surface area contributed by atoms with E-state index in [0.29, 0.717) is 24.7 Å². The molecule has 3 nitrogen and oxygen atoms in total. The summed E-state index contributed by atoms with van der Waals surface area (Å²) in [5, 5.41) is 0. The summed E-state index contributed by atoms with van der Waals surface area (Å²) in [6.07, 6.45) is 2.70. The van der Waals surface area contributed by atoms with Crippen LogP contribution in [0, 0.1) is 0 Å².